The van der Waals surface area contributed by atoms with Gasteiger partial charge in [0.1, 0.15) is 11.3 Å². The Morgan fingerprint density at radius 3 is 2.81 bits per heavy atom. The molecule has 0 amide bonds. The number of benzene rings is 1. The van der Waals surface area contributed by atoms with Crippen LogP contribution in [-0.2, 0) is 4.74 Å². The van der Waals surface area contributed by atoms with Crippen LogP contribution in [0.1, 0.15) is 6.92 Å². The Hall–Kier alpha value is -2.89. The van der Waals surface area contributed by atoms with Crippen LogP contribution in [0.3, 0.4) is 0 Å². The number of rotatable bonds is 3. The minimum Gasteiger partial charge on any atom is -0.434 e. The molecule has 0 aliphatic rings. The summed E-state index contributed by atoms with van der Waals surface area (Å²) in [6.07, 6.45) is 2.65. The number of carbonyl (C=O) groups excluding carboxylic acids is 1. The molecule has 0 saturated carbocycles. The van der Waals surface area contributed by atoms with Crippen molar-refractivity contribution in [1.82, 2.24) is 15.0 Å². The van der Waals surface area contributed by atoms with Crippen molar-refractivity contribution in [2.45, 2.75) is 6.92 Å². The first kappa shape index (κ1) is 13.1. The van der Waals surface area contributed by atoms with Crippen molar-refractivity contribution >= 4 is 17.2 Å². The first-order valence-electron chi connectivity index (χ1n) is 6.51. The van der Waals surface area contributed by atoms with Crippen molar-refractivity contribution < 1.29 is 14.3 Å². The van der Waals surface area contributed by atoms with Gasteiger partial charge in [0.05, 0.1) is 12.1 Å². The predicted octanol–water partition coefficient (Wildman–Crippen LogP) is 3.16. The van der Waals surface area contributed by atoms with E-state index in [-0.39, 0.29) is 6.61 Å². The molecule has 0 radical (unpaired) electrons. The fourth-order valence-electron chi connectivity index (χ4n) is 1.97. The van der Waals surface area contributed by atoms with Gasteiger partial charge in [0, 0.05) is 18.0 Å². The predicted molar refractivity (Wildman–Crippen MR) is 77.0 cm³/mol. The zero-order chi connectivity index (χ0) is 14.7. The van der Waals surface area contributed by atoms with Crippen molar-refractivity contribution in [3.8, 4) is 17.1 Å². The summed E-state index contributed by atoms with van der Waals surface area (Å²) < 4.78 is 9.94. The summed E-state index contributed by atoms with van der Waals surface area (Å²) in [5, 5.41) is 0. The number of carbonyl (C=O) groups is 1. The number of fused-ring (bicyclic) bond motifs is 1. The van der Waals surface area contributed by atoms with E-state index in [1.165, 1.54) is 0 Å². The smallest absolute Gasteiger partial charge is 0.434 e. The third-order valence-corrected chi connectivity index (χ3v) is 2.88. The molecule has 3 aromatic rings. The maximum absolute atomic E-state index is 11.4. The SMILES string of the molecule is CCOC(=O)Oc1cccc2[nH]c(-c3ccncc3)nc12. The van der Waals surface area contributed by atoms with E-state index < -0.39 is 6.16 Å². The largest absolute Gasteiger partial charge is 0.513 e. The van der Waals surface area contributed by atoms with Gasteiger partial charge >= 0.3 is 6.16 Å². The van der Waals surface area contributed by atoms with Crippen LogP contribution < -0.4 is 4.74 Å². The summed E-state index contributed by atoms with van der Waals surface area (Å²) in [6.45, 7) is 1.98. The molecule has 0 aliphatic carbocycles. The standard InChI is InChI=1S/C15H13N3O3/c1-2-20-15(19)21-12-5-3-4-11-13(12)18-14(17-11)10-6-8-16-9-7-10/h3-9H,2H2,1H3,(H,17,18). The highest BCUT2D eigenvalue weighted by molar-refractivity contribution is 5.86. The minimum absolute atomic E-state index is 0.262. The van der Waals surface area contributed by atoms with E-state index in [0.717, 1.165) is 11.1 Å². The van der Waals surface area contributed by atoms with Gasteiger partial charge in [-0.05, 0) is 31.2 Å². The van der Waals surface area contributed by atoms with E-state index in [9.17, 15) is 4.79 Å². The van der Waals surface area contributed by atoms with Crippen molar-refractivity contribution in [3.63, 3.8) is 0 Å². The number of para-hydroxylation sites is 1. The van der Waals surface area contributed by atoms with E-state index in [0.29, 0.717) is 17.1 Å². The lowest BCUT2D eigenvalue weighted by Crippen LogP contribution is -2.10. The number of pyridine rings is 1. The highest BCUT2D eigenvalue weighted by Gasteiger charge is 2.13. The molecule has 0 saturated heterocycles. The summed E-state index contributed by atoms with van der Waals surface area (Å²) in [6, 6.07) is 9.03. The van der Waals surface area contributed by atoms with Crippen molar-refractivity contribution in [1.29, 1.82) is 0 Å². The van der Waals surface area contributed by atoms with E-state index in [1.807, 2.05) is 18.2 Å². The van der Waals surface area contributed by atoms with E-state index in [2.05, 4.69) is 15.0 Å². The van der Waals surface area contributed by atoms with Gasteiger partial charge in [-0.1, -0.05) is 6.07 Å². The molecule has 3 rings (SSSR count). The molecule has 1 N–H and O–H groups in total. The average molecular weight is 283 g/mol. The highest BCUT2D eigenvalue weighted by atomic mass is 16.7. The Kier molecular flexibility index (Phi) is 3.51. The fraction of sp³-hybridized carbons (Fsp3) is 0.133. The van der Waals surface area contributed by atoms with E-state index in [1.54, 1.807) is 31.5 Å². The van der Waals surface area contributed by atoms with Crippen LogP contribution in [0.5, 0.6) is 5.75 Å². The first-order chi connectivity index (χ1) is 10.3. The Bertz CT molecular complexity index is 768. The molecular formula is C15H13N3O3. The van der Waals surface area contributed by atoms with Crippen molar-refractivity contribution in [2.75, 3.05) is 6.61 Å². The number of hydrogen-bond donors (Lipinski definition) is 1. The van der Waals surface area contributed by atoms with Crippen LogP contribution in [-0.4, -0.2) is 27.7 Å². The number of imidazole rings is 1. The Morgan fingerprint density at radius 2 is 2.05 bits per heavy atom. The average Bonchev–Trinajstić information content (AvgIpc) is 2.94. The van der Waals surface area contributed by atoms with Crippen LogP contribution in [0.4, 0.5) is 4.79 Å². The number of aromatic nitrogens is 3. The molecule has 1 aromatic carbocycles. The number of hydrogen-bond acceptors (Lipinski definition) is 5. The molecular weight excluding hydrogens is 270 g/mol. The van der Waals surface area contributed by atoms with Gasteiger partial charge < -0.3 is 14.5 Å². The monoisotopic (exact) mass is 283 g/mol. The molecule has 0 unspecified atom stereocenters. The number of nitrogens with zero attached hydrogens (tertiary/aromatic N) is 2. The third kappa shape index (κ3) is 2.69. The van der Waals surface area contributed by atoms with Crippen LogP contribution >= 0.6 is 0 Å². The lowest BCUT2D eigenvalue weighted by Gasteiger charge is -2.03. The molecule has 106 valence electrons. The van der Waals surface area contributed by atoms with Gasteiger partial charge in [-0.15, -0.1) is 0 Å². The number of aromatic amines is 1. The molecule has 0 bridgehead atoms. The van der Waals surface area contributed by atoms with Gasteiger partial charge in [-0.3, -0.25) is 4.98 Å². The number of nitrogens with one attached hydrogen (secondary N) is 1. The zero-order valence-electron chi connectivity index (χ0n) is 11.4. The van der Waals surface area contributed by atoms with Gasteiger partial charge in [0.15, 0.2) is 5.75 Å². The maximum atomic E-state index is 11.4. The first-order valence-corrected chi connectivity index (χ1v) is 6.51. The molecule has 0 aliphatic heterocycles. The summed E-state index contributed by atoms with van der Waals surface area (Å²) in [4.78, 5) is 23.1. The van der Waals surface area contributed by atoms with Crippen LogP contribution in [0, 0.1) is 0 Å². The lowest BCUT2D eigenvalue weighted by molar-refractivity contribution is 0.105. The van der Waals surface area contributed by atoms with Crippen molar-refractivity contribution in [2.24, 2.45) is 0 Å². The maximum Gasteiger partial charge on any atom is 0.513 e. The fourth-order valence-corrected chi connectivity index (χ4v) is 1.97. The summed E-state index contributed by atoms with van der Waals surface area (Å²) in [7, 11) is 0. The second-order valence-electron chi connectivity index (χ2n) is 4.26. The quantitative estimate of drug-likeness (QED) is 0.590. The number of ether oxygens (including phenoxy) is 2. The Labute approximate surface area is 120 Å². The summed E-state index contributed by atoms with van der Waals surface area (Å²) in [5.41, 5.74) is 2.27. The Morgan fingerprint density at radius 1 is 1.24 bits per heavy atom. The topological polar surface area (TPSA) is 77.1 Å². The van der Waals surface area contributed by atoms with Gasteiger partial charge in [0.2, 0.25) is 0 Å². The molecule has 0 spiro atoms. The summed E-state index contributed by atoms with van der Waals surface area (Å²) >= 11 is 0. The van der Waals surface area contributed by atoms with Crippen LogP contribution in [0.15, 0.2) is 42.7 Å². The molecule has 6 heteroatoms. The van der Waals surface area contributed by atoms with Crippen molar-refractivity contribution in [3.05, 3.63) is 42.7 Å². The lowest BCUT2D eigenvalue weighted by atomic mass is 10.2. The van der Waals surface area contributed by atoms with E-state index >= 15 is 0 Å². The summed E-state index contributed by atoms with van der Waals surface area (Å²) in [5.74, 6) is 1.05. The normalized spacial score (nSPS) is 10.5. The van der Waals surface area contributed by atoms with Gasteiger partial charge in [-0.25, -0.2) is 9.78 Å². The van der Waals surface area contributed by atoms with E-state index in [4.69, 9.17) is 9.47 Å². The second kappa shape index (κ2) is 5.62. The molecule has 2 aromatic heterocycles. The second-order valence-corrected chi connectivity index (χ2v) is 4.26. The molecule has 2 heterocycles. The molecule has 6 nitrogen and oxygen atoms in total. The minimum atomic E-state index is -0.738. The van der Waals surface area contributed by atoms with Crippen LogP contribution in [0.2, 0.25) is 0 Å². The molecule has 0 atom stereocenters. The number of H-pyrrole nitrogens is 1. The zero-order valence-corrected chi connectivity index (χ0v) is 11.4. The third-order valence-electron chi connectivity index (χ3n) is 2.88. The molecule has 0 fully saturated rings. The van der Waals surface area contributed by atoms with Gasteiger partial charge in [-0.2, -0.15) is 0 Å². The highest BCUT2D eigenvalue weighted by Crippen LogP contribution is 2.27. The Balaban J connectivity index is 2.00. The van der Waals surface area contributed by atoms with Gasteiger partial charge in [0.25, 0.3) is 0 Å². The van der Waals surface area contributed by atoms with Crippen LogP contribution in [0.25, 0.3) is 22.4 Å². The molecule has 21 heavy (non-hydrogen) atoms.